The lowest BCUT2D eigenvalue weighted by atomic mass is 10.1. The molecule has 110 valence electrons. The van der Waals surface area contributed by atoms with E-state index in [-0.39, 0.29) is 29.6 Å². The molecule has 2 rings (SSSR count). The fourth-order valence-electron chi connectivity index (χ4n) is 2.11. The number of nitro groups is 1. The van der Waals surface area contributed by atoms with Crippen molar-refractivity contribution in [1.82, 2.24) is 4.90 Å². The molecule has 3 N–H and O–H groups in total. The van der Waals surface area contributed by atoms with Gasteiger partial charge in [0.1, 0.15) is 0 Å². The molecule has 1 aliphatic carbocycles. The van der Waals surface area contributed by atoms with Crippen LogP contribution in [-0.2, 0) is 0 Å². The Morgan fingerprint density at radius 2 is 2.29 bits per heavy atom. The topological polar surface area (TPSA) is 125 Å². The number of hydrazine groups is 1. The van der Waals surface area contributed by atoms with Gasteiger partial charge in [-0.1, -0.05) is 0 Å². The summed E-state index contributed by atoms with van der Waals surface area (Å²) in [4.78, 5) is 24.5. The standard InChI is InChI=1S/C13H15N5O3/c14-6-1-7-17(9-2-3-9)13(19)11-8-10(18(20)21)4-5-12(11)16-15/h4-5,8-9,16H,1-3,7,15H2. The highest BCUT2D eigenvalue weighted by Crippen LogP contribution is 2.31. The number of benzene rings is 1. The fourth-order valence-corrected chi connectivity index (χ4v) is 2.11. The van der Waals surface area contributed by atoms with Crippen molar-refractivity contribution in [3.63, 3.8) is 0 Å². The van der Waals surface area contributed by atoms with Crippen LogP contribution in [0.15, 0.2) is 18.2 Å². The number of rotatable bonds is 6. The normalized spacial score (nSPS) is 13.3. The van der Waals surface area contributed by atoms with E-state index in [4.69, 9.17) is 11.1 Å². The van der Waals surface area contributed by atoms with Gasteiger partial charge in [0, 0.05) is 24.7 Å². The van der Waals surface area contributed by atoms with Crippen LogP contribution in [0.4, 0.5) is 11.4 Å². The molecule has 0 aromatic heterocycles. The molecule has 0 bridgehead atoms. The molecule has 1 aromatic rings. The minimum Gasteiger partial charge on any atom is -0.335 e. The Morgan fingerprint density at radius 1 is 1.57 bits per heavy atom. The van der Waals surface area contributed by atoms with Crippen molar-refractivity contribution in [2.24, 2.45) is 5.84 Å². The van der Waals surface area contributed by atoms with Gasteiger partial charge in [-0.2, -0.15) is 5.26 Å². The minimum absolute atomic E-state index is 0.107. The number of carbonyl (C=O) groups excluding carboxylic acids is 1. The number of nitriles is 1. The predicted molar refractivity (Wildman–Crippen MR) is 75.2 cm³/mol. The minimum atomic E-state index is -0.562. The van der Waals surface area contributed by atoms with Crippen molar-refractivity contribution in [3.05, 3.63) is 33.9 Å². The Morgan fingerprint density at radius 3 is 2.81 bits per heavy atom. The summed E-state index contributed by atoms with van der Waals surface area (Å²) in [6.07, 6.45) is 2.00. The third-order valence-electron chi connectivity index (χ3n) is 3.31. The van der Waals surface area contributed by atoms with Gasteiger partial charge in [0.15, 0.2) is 0 Å². The maximum Gasteiger partial charge on any atom is 0.270 e. The van der Waals surface area contributed by atoms with Gasteiger partial charge in [-0.05, 0) is 18.9 Å². The zero-order valence-corrected chi connectivity index (χ0v) is 11.3. The van der Waals surface area contributed by atoms with Crippen LogP contribution >= 0.6 is 0 Å². The van der Waals surface area contributed by atoms with E-state index in [1.807, 2.05) is 6.07 Å². The molecule has 0 saturated heterocycles. The number of nitrogens with zero attached hydrogens (tertiary/aromatic N) is 3. The molecule has 8 heteroatoms. The van der Waals surface area contributed by atoms with Crippen molar-refractivity contribution < 1.29 is 9.72 Å². The van der Waals surface area contributed by atoms with E-state index < -0.39 is 4.92 Å². The van der Waals surface area contributed by atoms with Gasteiger partial charge >= 0.3 is 0 Å². The zero-order chi connectivity index (χ0) is 15.4. The Kier molecular flexibility index (Phi) is 4.35. The quantitative estimate of drug-likeness (QED) is 0.463. The molecule has 0 radical (unpaired) electrons. The molecule has 1 aromatic carbocycles. The Bertz CT molecular complexity index is 606. The average Bonchev–Trinajstić information content (AvgIpc) is 3.31. The molecule has 21 heavy (non-hydrogen) atoms. The van der Waals surface area contributed by atoms with Crippen LogP contribution in [0.25, 0.3) is 0 Å². The monoisotopic (exact) mass is 289 g/mol. The van der Waals surface area contributed by atoms with Crippen LogP contribution in [0.3, 0.4) is 0 Å². The maximum atomic E-state index is 12.6. The van der Waals surface area contributed by atoms with Crippen molar-refractivity contribution in [2.45, 2.75) is 25.3 Å². The van der Waals surface area contributed by atoms with Crippen molar-refractivity contribution in [1.29, 1.82) is 5.26 Å². The number of nitrogens with two attached hydrogens (primary N) is 1. The maximum absolute atomic E-state index is 12.6. The first-order valence-corrected chi connectivity index (χ1v) is 6.51. The summed E-state index contributed by atoms with van der Waals surface area (Å²) >= 11 is 0. The number of hydrogen-bond acceptors (Lipinski definition) is 6. The van der Waals surface area contributed by atoms with Crippen LogP contribution in [0.5, 0.6) is 0 Å². The highest BCUT2D eigenvalue weighted by molar-refractivity contribution is 6.00. The predicted octanol–water partition coefficient (Wildman–Crippen LogP) is 1.40. The first-order chi connectivity index (χ1) is 10.1. The summed E-state index contributed by atoms with van der Waals surface area (Å²) in [6.45, 7) is 0.312. The highest BCUT2D eigenvalue weighted by atomic mass is 16.6. The summed E-state index contributed by atoms with van der Waals surface area (Å²) < 4.78 is 0. The zero-order valence-electron chi connectivity index (χ0n) is 11.3. The first-order valence-electron chi connectivity index (χ1n) is 6.51. The smallest absolute Gasteiger partial charge is 0.270 e. The molecule has 1 aliphatic rings. The Balaban J connectivity index is 2.33. The molecule has 0 aliphatic heterocycles. The van der Waals surface area contributed by atoms with Gasteiger partial charge in [-0.15, -0.1) is 0 Å². The average molecular weight is 289 g/mol. The second-order valence-electron chi connectivity index (χ2n) is 4.77. The first kappa shape index (κ1) is 14.7. The van der Waals surface area contributed by atoms with Crippen LogP contribution in [0.1, 0.15) is 29.6 Å². The van der Waals surface area contributed by atoms with Crippen molar-refractivity contribution in [2.75, 3.05) is 12.0 Å². The highest BCUT2D eigenvalue weighted by Gasteiger charge is 2.34. The van der Waals surface area contributed by atoms with Crippen LogP contribution < -0.4 is 11.3 Å². The summed E-state index contributed by atoms with van der Waals surface area (Å²) in [5.41, 5.74) is 2.68. The van der Waals surface area contributed by atoms with Gasteiger partial charge in [-0.25, -0.2) is 0 Å². The van der Waals surface area contributed by atoms with Crippen LogP contribution in [0.2, 0.25) is 0 Å². The number of non-ortho nitro benzene ring substituents is 1. The number of carbonyl (C=O) groups is 1. The molecule has 8 nitrogen and oxygen atoms in total. The lowest BCUT2D eigenvalue weighted by molar-refractivity contribution is -0.384. The van der Waals surface area contributed by atoms with Crippen molar-refractivity contribution in [3.8, 4) is 6.07 Å². The van der Waals surface area contributed by atoms with E-state index in [9.17, 15) is 14.9 Å². The number of hydrogen-bond donors (Lipinski definition) is 2. The second kappa shape index (κ2) is 6.19. The van der Waals surface area contributed by atoms with Gasteiger partial charge in [-0.3, -0.25) is 20.8 Å². The lowest BCUT2D eigenvalue weighted by Crippen LogP contribution is -2.34. The number of nitrogen functional groups attached to an aromatic ring is 1. The number of nitrogens with one attached hydrogen (secondary N) is 1. The Hall–Kier alpha value is -2.66. The number of anilines is 1. The van der Waals surface area contributed by atoms with Crippen molar-refractivity contribution >= 4 is 17.3 Å². The molecule has 0 spiro atoms. The molecule has 0 unspecified atom stereocenters. The fraction of sp³-hybridized carbons (Fsp3) is 0.385. The van der Waals surface area contributed by atoms with Gasteiger partial charge in [0.05, 0.1) is 28.7 Å². The summed E-state index contributed by atoms with van der Waals surface area (Å²) in [5, 5.41) is 19.5. The van der Waals surface area contributed by atoms with E-state index in [0.29, 0.717) is 12.2 Å². The third kappa shape index (κ3) is 3.27. The van der Waals surface area contributed by atoms with Gasteiger partial charge in [0.2, 0.25) is 0 Å². The third-order valence-corrected chi connectivity index (χ3v) is 3.31. The largest absolute Gasteiger partial charge is 0.335 e. The number of amides is 1. The Labute approximate surface area is 121 Å². The summed E-state index contributed by atoms with van der Waals surface area (Å²) in [7, 11) is 0. The van der Waals surface area contributed by atoms with Gasteiger partial charge in [0.25, 0.3) is 11.6 Å². The van der Waals surface area contributed by atoms with Gasteiger partial charge < -0.3 is 10.3 Å². The number of nitro benzene ring substituents is 1. The van der Waals surface area contributed by atoms with Crippen LogP contribution in [0, 0.1) is 21.4 Å². The van der Waals surface area contributed by atoms with Crippen LogP contribution in [-0.4, -0.2) is 28.3 Å². The van der Waals surface area contributed by atoms with E-state index >= 15 is 0 Å². The molecule has 1 fully saturated rings. The van der Waals surface area contributed by atoms with E-state index in [1.165, 1.54) is 18.2 Å². The molecule has 0 atom stereocenters. The molecule has 1 saturated carbocycles. The molecular formula is C13H15N5O3. The molecule has 1 amide bonds. The summed E-state index contributed by atoms with van der Waals surface area (Å²) in [5.74, 6) is 5.02. The van der Waals surface area contributed by atoms with E-state index in [0.717, 1.165) is 12.8 Å². The lowest BCUT2D eigenvalue weighted by Gasteiger charge is -2.22. The molecule has 0 heterocycles. The molecular weight excluding hydrogens is 274 g/mol. The SMILES string of the molecule is N#CCCN(C(=O)c1cc([N+](=O)[O-])ccc1NN)C1CC1. The van der Waals surface area contributed by atoms with E-state index in [2.05, 4.69) is 5.43 Å². The second-order valence-corrected chi connectivity index (χ2v) is 4.77. The summed E-state index contributed by atoms with van der Waals surface area (Å²) in [6, 6.07) is 6.00. The van der Waals surface area contributed by atoms with E-state index in [1.54, 1.807) is 4.90 Å².